The summed E-state index contributed by atoms with van der Waals surface area (Å²) in [5.74, 6) is 0.264. The molecule has 0 saturated carbocycles. The molecule has 10 heteroatoms. The van der Waals surface area contributed by atoms with Crippen LogP contribution in [0.5, 0.6) is 5.75 Å². The molecule has 2 N–H and O–H groups in total. The molecule has 6 rings (SSSR count). The first-order valence-corrected chi connectivity index (χ1v) is 14.1. The number of para-hydroxylation sites is 1. The smallest absolute Gasteiger partial charge is 0.335 e. The number of thiazole rings is 1. The van der Waals surface area contributed by atoms with Crippen molar-refractivity contribution < 1.29 is 23.8 Å². The van der Waals surface area contributed by atoms with Gasteiger partial charge in [-0.1, -0.05) is 53.8 Å². The molecular formula is C33H25N3O6S. The van der Waals surface area contributed by atoms with Gasteiger partial charge in [0.15, 0.2) is 4.80 Å². The summed E-state index contributed by atoms with van der Waals surface area (Å²) in [7, 11) is 1.58. The Hall–Kier alpha value is -5.48. The third kappa shape index (κ3) is 5.43. The number of allylic oxidation sites excluding steroid dienone is 1. The Morgan fingerprint density at radius 3 is 2.40 bits per heavy atom. The van der Waals surface area contributed by atoms with Gasteiger partial charge in [0.25, 0.3) is 11.5 Å². The molecule has 2 aromatic heterocycles. The molecule has 214 valence electrons. The number of fused-ring (bicyclic) bond motifs is 1. The Bertz CT molecular complexity index is 2050. The van der Waals surface area contributed by atoms with Crippen molar-refractivity contribution in [2.75, 3.05) is 12.4 Å². The number of nitrogens with one attached hydrogen (secondary N) is 1. The summed E-state index contributed by atoms with van der Waals surface area (Å²) in [6.45, 7) is 1.77. The van der Waals surface area contributed by atoms with Gasteiger partial charge in [-0.15, -0.1) is 0 Å². The van der Waals surface area contributed by atoms with Gasteiger partial charge in [0.05, 0.1) is 34.5 Å². The van der Waals surface area contributed by atoms with Crippen molar-refractivity contribution in [1.29, 1.82) is 0 Å². The molecule has 1 aliphatic heterocycles. The molecular weight excluding hydrogens is 566 g/mol. The van der Waals surface area contributed by atoms with Crippen molar-refractivity contribution >= 4 is 35.0 Å². The molecule has 9 nitrogen and oxygen atoms in total. The Kier molecular flexibility index (Phi) is 7.35. The number of ether oxygens (including phenoxy) is 1. The molecule has 1 aliphatic rings. The molecule has 0 bridgehead atoms. The Labute approximate surface area is 249 Å². The van der Waals surface area contributed by atoms with Gasteiger partial charge in [0.2, 0.25) is 0 Å². The summed E-state index contributed by atoms with van der Waals surface area (Å²) < 4.78 is 13.2. The number of carbonyl (C=O) groups is 2. The molecule has 3 aromatic carbocycles. The number of rotatable bonds is 7. The van der Waals surface area contributed by atoms with E-state index in [-0.39, 0.29) is 17.0 Å². The summed E-state index contributed by atoms with van der Waals surface area (Å²) in [5.41, 5.74) is 2.79. The number of carboxylic acid groups (broad SMARTS) is 1. The van der Waals surface area contributed by atoms with Crippen LogP contribution in [0.2, 0.25) is 0 Å². The number of furan rings is 1. The number of nitrogens with zero attached hydrogens (tertiary/aromatic N) is 2. The first-order valence-electron chi connectivity index (χ1n) is 13.3. The number of aromatic carboxylic acids is 1. The van der Waals surface area contributed by atoms with Crippen LogP contribution in [0.3, 0.4) is 0 Å². The van der Waals surface area contributed by atoms with Crippen molar-refractivity contribution in [3.05, 3.63) is 139 Å². The summed E-state index contributed by atoms with van der Waals surface area (Å²) in [5, 5.41) is 12.1. The zero-order valence-electron chi connectivity index (χ0n) is 23.1. The van der Waals surface area contributed by atoms with Crippen LogP contribution in [0.4, 0.5) is 5.69 Å². The van der Waals surface area contributed by atoms with Crippen molar-refractivity contribution in [3.8, 4) is 17.1 Å². The summed E-state index contributed by atoms with van der Waals surface area (Å²) in [6.07, 6.45) is 1.65. The predicted molar refractivity (Wildman–Crippen MR) is 163 cm³/mol. The maximum atomic E-state index is 13.9. The zero-order valence-corrected chi connectivity index (χ0v) is 23.9. The highest BCUT2D eigenvalue weighted by molar-refractivity contribution is 7.07. The highest BCUT2D eigenvalue weighted by Crippen LogP contribution is 2.32. The molecule has 1 atom stereocenters. The van der Waals surface area contributed by atoms with Crippen molar-refractivity contribution in [1.82, 2.24) is 4.57 Å². The molecule has 1 amide bonds. The third-order valence-corrected chi connectivity index (χ3v) is 8.03. The summed E-state index contributed by atoms with van der Waals surface area (Å²) >= 11 is 1.21. The lowest BCUT2D eigenvalue weighted by Gasteiger charge is -2.25. The predicted octanol–water partition coefficient (Wildman–Crippen LogP) is 4.84. The zero-order chi connectivity index (χ0) is 30.1. The van der Waals surface area contributed by atoms with Crippen LogP contribution in [0, 0.1) is 0 Å². The largest absolute Gasteiger partial charge is 0.497 e. The van der Waals surface area contributed by atoms with Crippen LogP contribution in [-0.2, 0) is 4.79 Å². The molecule has 0 aliphatic carbocycles. The van der Waals surface area contributed by atoms with Crippen molar-refractivity contribution in [2.24, 2.45) is 4.99 Å². The summed E-state index contributed by atoms with van der Waals surface area (Å²) in [6, 6.07) is 25.5. The monoisotopic (exact) mass is 591 g/mol. The number of anilines is 1. The van der Waals surface area contributed by atoms with E-state index in [9.17, 15) is 14.4 Å². The van der Waals surface area contributed by atoms with E-state index in [4.69, 9.17) is 14.3 Å². The van der Waals surface area contributed by atoms with Crippen LogP contribution in [-0.4, -0.2) is 28.7 Å². The number of carbonyl (C=O) groups excluding carboxylic acids is 1. The topological polar surface area (TPSA) is 123 Å². The van der Waals surface area contributed by atoms with E-state index >= 15 is 0 Å². The second-order valence-electron chi connectivity index (χ2n) is 9.76. The second-order valence-corrected chi connectivity index (χ2v) is 10.8. The number of carboxylic acids is 1. The fourth-order valence-electron chi connectivity index (χ4n) is 4.93. The maximum Gasteiger partial charge on any atom is 0.335 e. The van der Waals surface area contributed by atoms with Gasteiger partial charge >= 0.3 is 5.97 Å². The van der Waals surface area contributed by atoms with Crippen molar-refractivity contribution in [2.45, 2.75) is 13.0 Å². The number of hydrogen-bond donors (Lipinski definition) is 2. The molecule has 0 saturated heterocycles. The number of methoxy groups -OCH3 is 1. The minimum Gasteiger partial charge on any atom is -0.497 e. The lowest BCUT2D eigenvalue weighted by molar-refractivity contribution is -0.113. The van der Waals surface area contributed by atoms with E-state index in [0.717, 1.165) is 5.56 Å². The van der Waals surface area contributed by atoms with Crippen LogP contribution in [0.1, 0.15) is 34.6 Å². The number of benzene rings is 3. The Morgan fingerprint density at radius 2 is 1.72 bits per heavy atom. The van der Waals surface area contributed by atoms with Crippen LogP contribution in [0.15, 0.2) is 116 Å². The molecule has 0 fully saturated rings. The number of hydrogen-bond acceptors (Lipinski definition) is 7. The molecule has 1 unspecified atom stereocenters. The number of amides is 1. The van der Waals surface area contributed by atoms with Crippen LogP contribution in [0.25, 0.3) is 17.4 Å². The molecule has 0 radical (unpaired) electrons. The van der Waals surface area contributed by atoms with E-state index in [0.29, 0.717) is 49.1 Å². The van der Waals surface area contributed by atoms with E-state index in [2.05, 4.69) is 10.3 Å². The van der Waals surface area contributed by atoms with E-state index in [1.165, 1.54) is 23.5 Å². The first kappa shape index (κ1) is 27.7. The van der Waals surface area contributed by atoms with Gasteiger partial charge in [-0.3, -0.25) is 14.2 Å². The van der Waals surface area contributed by atoms with Crippen LogP contribution < -0.4 is 24.9 Å². The Balaban J connectivity index is 1.42. The number of aromatic nitrogens is 1. The quantitative estimate of drug-likeness (QED) is 0.279. The van der Waals surface area contributed by atoms with Crippen molar-refractivity contribution in [3.63, 3.8) is 0 Å². The normalized spacial score (nSPS) is 14.7. The van der Waals surface area contributed by atoms with Crippen LogP contribution >= 0.6 is 11.3 Å². The molecule has 0 spiro atoms. The van der Waals surface area contributed by atoms with Gasteiger partial charge in [-0.25, -0.2) is 9.79 Å². The molecule has 5 aromatic rings. The van der Waals surface area contributed by atoms with E-state index in [1.807, 2.05) is 30.3 Å². The lowest BCUT2D eigenvalue weighted by Crippen LogP contribution is -2.40. The first-order chi connectivity index (χ1) is 20.8. The second kappa shape index (κ2) is 11.4. The Morgan fingerprint density at radius 1 is 1.00 bits per heavy atom. The van der Waals surface area contributed by atoms with E-state index in [1.54, 1.807) is 73.2 Å². The lowest BCUT2D eigenvalue weighted by atomic mass is 9.95. The van der Waals surface area contributed by atoms with Gasteiger partial charge in [-0.2, -0.15) is 0 Å². The van der Waals surface area contributed by atoms with Gasteiger partial charge in [0, 0.05) is 17.3 Å². The highest BCUT2D eigenvalue weighted by atomic mass is 32.1. The summed E-state index contributed by atoms with van der Waals surface area (Å²) in [4.78, 5) is 43.9. The fourth-order valence-corrected chi connectivity index (χ4v) is 5.95. The van der Waals surface area contributed by atoms with Gasteiger partial charge < -0.3 is 19.6 Å². The highest BCUT2D eigenvalue weighted by Gasteiger charge is 2.32. The molecule has 43 heavy (non-hydrogen) atoms. The fraction of sp³-hybridized carbons (Fsp3) is 0.0909. The maximum absolute atomic E-state index is 13.9. The minimum absolute atomic E-state index is 0.176. The SMILES string of the molecule is COc1ccc(C2C(C(=O)Nc3ccccc3)=C(C)N=c3s/c(=C/c4ccc(-c5ccc(C(=O)O)cc5)o4)c(=O)n32)cc1. The average molecular weight is 592 g/mol. The van der Waals surface area contributed by atoms with E-state index < -0.39 is 12.0 Å². The van der Waals surface area contributed by atoms with Gasteiger partial charge in [-0.05, 0) is 61.0 Å². The average Bonchev–Trinajstić information content (AvgIpc) is 3.61. The van der Waals surface area contributed by atoms with Gasteiger partial charge in [0.1, 0.15) is 17.3 Å². The standard InChI is InChI=1S/C33H25N3O6S/c1-19-28(30(37)35-23-6-4-3-5-7-23)29(21-12-14-24(41-2)15-13-21)36-31(38)27(43-33(36)34-19)18-25-16-17-26(42-25)20-8-10-22(11-9-20)32(39)40/h3-18,29H,1-2H3,(H,35,37)(H,39,40)/b27-18+. The third-order valence-electron chi connectivity index (χ3n) is 7.05. The minimum atomic E-state index is -1.01. The molecule has 3 heterocycles.